The van der Waals surface area contributed by atoms with Gasteiger partial charge in [0.1, 0.15) is 21.6 Å². The predicted octanol–water partition coefficient (Wildman–Crippen LogP) is 5.91. The number of aromatic amines is 1. The molecule has 2 aromatic carbocycles. The van der Waals surface area contributed by atoms with Crippen LogP contribution in [0.4, 0.5) is 0 Å². The molecule has 0 spiro atoms. The van der Waals surface area contributed by atoms with E-state index in [4.69, 9.17) is 24.2 Å². The highest BCUT2D eigenvalue weighted by Crippen LogP contribution is 2.37. The second kappa shape index (κ2) is 9.63. The highest BCUT2D eigenvalue weighted by atomic mass is 32.1. The van der Waals surface area contributed by atoms with E-state index in [1.54, 1.807) is 0 Å². The highest BCUT2D eigenvalue weighted by molar-refractivity contribution is 7.19. The van der Waals surface area contributed by atoms with Crippen molar-refractivity contribution in [3.63, 3.8) is 0 Å². The van der Waals surface area contributed by atoms with Gasteiger partial charge in [0.2, 0.25) is 6.79 Å². The number of fused-ring (bicyclic) bond motifs is 7. The summed E-state index contributed by atoms with van der Waals surface area (Å²) in [5, 5.41) is 0.572. The lowest BCUT2D eigenvalue weighted by atomic mass is 10.1. The van der Waals surface area contributed by atoms with Gasteiger partial charge in [0.25, 0.3) is 5.56 Å². The third kappa shape index (κ3) is 3.90. The molecule has 5 heterocycles. The van der Waals surface area contributed by atoms with Gasteiger partial charge in [0.05, 0.1) is 23.0 Å². The van der Waals surface area contributed by atoms with Crippen LogP contribution in [0.25, 0.3) is 38.1 Å². The molecule has 0 aliphatic carbocycles. The fraction of sp³-hybridized carbons (Fsp3) is 0.267. The Labute approximate surface area is 232 Å². The number of unbranched alkanes of at least 4 members (excludes halogenated alkanes) is 2. The number of carbonyl (C=O) groups excluding carboxylic acids is 1. The van der Waals surface area contributed by atoms with E-state index in [1.165, 1.54) is 11.3 Å². The molecule has 0 bridgehead atoms. The number of benzene rings is 2. The summed E-state index contributed by atoms with van der Waals surface area (Å²) in [4.78, 5) is 41.4. The van der Waals surface area contributed by atoms with Gasteiger partial charge < -0.3 is 19.2 Å². The van der Waals surface area contributed by atoms with E-state index in [-0.39, 0.29) is 17.9 Å². The largest absolute Gasteiger partial charge is 0.462 e. The number of thiophene rings is 1. The smallest absolute Gasteiger partial charge is 0.344 e. The van der Waals surface area contributed by atoms with Crippen LogP contribution < -0.4 is 15.0 Å². The van der Waals surface area contributed by atoms with E-state index in [0.29, 0.717) is 51.1 Å². The monoisotopic (exact) mass is 554 g/mol. The second-order valence-corrected chi connectivity index (χ2v) is 11.0. The Kier molecular flexibility index (Phi) is 5.92. The van der Waals surface area contributed by atoms with E-state index >= 15 is 0 Å². The Balaban J connectivity index is 1.44. The van der Waals surface area contributed by atoms with Crippen LogP contribution in [0.2, 0.25) is 0 Å². The lowest BCUT2D eigenvalue weighted by Gasteiger charge is -2.04. The summed E-state index contributed by atoms with van der Waals surface area (Å²) < 4.78 is 18.5. The standard InChI is InChI=1S/C30H26N4O5S/c1-3-4-7-12-37-30(36)24-25-27(32-19-9-6-5-8-18(19)31-25)34-26(24)33-28(35)23-16(2)22(40-29(23)34)14-17-10-11-20-21(13-17)39-15-38-20/h5-6,8-11,13H,3-4,7,12,14-15H2,1-2H3,(H,33,35). The molecule has 4 aromatic heterocycles. The van der Waals surface area contributed by atoms with Crippen molar-refractivity contribution in [1.82, 2.24) is 19.4 Å². The molecule has 0 saturated heterocycles. The third-order valence-electron chi connectivity index (χ3n) is 7.34. The van der Waals surface area contributed by atoms with Crippen LogP contribution in [-0.2, 0) is 11.2 Å². The van der Waals surface area contributed by atoms with E-state index in [2.05, 4.69) is 11.9 Å². The van der Waals surface area contributed by atoms with Crippen molar-refractivity contribution in [3.05, 3.63) is 74.4 Å². The minimum atomic E-state index is -0.517. The number of para-hydroxylation sites is 2. The zero-order valence-corrected chi connectivity index (χ0v) is 22.9. The van der Waals surface area contributed by atoms with Crippen LogP contribution in [0.1, 0.15) is 52.5 Å². The van der Waals surface area contributed by atoms with Crippen LogP contribution >= 0.6 is 11.3 Å². The summed E-state index contributed by atoms with van der Waals surface area (Å²) in [6, 6.07) is 13.4. The second-order valence-electron chi connectivity index (χ2n) is 9.94. The number of esters is 1. The molecule has 0 saturated carbocycles. The quantitative estimate of drug-likeness (QED) is 0.193. The van der Waals surface area contributed by atoms with Crippen LogP contribution in [0.15, 0.2) is 47.3 Å². The number of carbonyl (C=O) groups is 1. The first-order chi connectivity index (χ1) is 19.5. The van der Waals surface area contributed by atoms with Gasteiger partial charge in [-0.15, -0.1) is 11.3 Å². The molecule has 10 heteroatoms. The first-order valence-corrected chi connectivity index (χ1v) is 14.2. The minimum absolute atomic E-state index is 0.216. The number of hydrogen-bond donors (Lipinski definition) is 1. The molecular formula is C30H26N4O5S. The predicted molar refractivity (Wildman–Crippen MR) is 154 cm³/mol. The number of nitrogens with zero attached hydrogens (tertiary/aromatic N) is 3. The molecule has 40 heavy (non-hydrogen) atoms. The molecule has 1 aliphatic rings. The molecule has 0 atom stereocenters. The maximum Gasteiger partial charge on any atom is 0.344 e. The van der Waals surface area contributed by atoms with E-state index in [9.17, 15) is 9.59 Å². The molecule has 0 radical (unpaired) electrons. The molecule has 7 rings (SSSR count). The van der Waals surface area contributed by atoms with Crippen molar-refractivity contribution < 1.29 is 19.0 Å². The van der Waals surface area contributed by atoms with Crippen molar-refractivity contribution in [2.24, 2.45) is 0 Å². The number of aromatic nitrogens is 4. The summed E-state index contributed by atoms with van der Waals surface area (Å²) in [5.74, 6) is 0.933. The van der Waals surface area contributed by atoms with Crippen LogP contribution in [0, 0.1) is 6.92 Å². The van der Waals surface area contributed by atoms with Crippen LogP contribution in [0.5, 0.6) is 11.5 Å². The summed E-state index contributed by atoms with van der Waals surface area (Å²) in [6.07, 6.45) is 3.37. The molecule has 0 amide bonds. The Morgan fingerprint density at radius 3 is 2.73 bits per heavy atom. The lowest BCUT2D eigenvalue weighted by Crippen LogP contribution is -2.12. The molecule has 0 fully saturated rings. The summed E-state index contributed by atoms with van der Waals surface area (Å²) in [7, 11) is 0. The summed E-state index contributed by atoms with van der Waals surface area (Å²) in [6.45, 7) is 4.57. The molecule has 1 aliphatic heterocycles. The zero-order valence-electron chi connectivity index (χ0n) is 22.1. The highest BCUT2D eigenvalue weighted by Gasteiger charge is 2.27. The van der Waals surface area contributed by atoms with E-state index < -0.39 is 5.97 Å². The topological polar surface area (TPSA) is 108 Å². The number of rotatable bonds is 7. The normalized spacial score (nSPS) is 12.8. The first-order valence-electron chi connectivity index (χ1n) is 13.3. The summed E-state index contributed by atoms with van der Waals surface area (Å²) in [5.41, 5.74) is 4.52. The fourth-order valence-electron chi connectivity index (χ4n) is 5.29. The van der Waals surface area contributed by atoms with Crippen molar-refractivity contribution >= 4 is 55.4 Å². The number of aryl methyl sites for hydroxylation is 1. The first kappa shape index (κ1) is 24.6. The van der Waals surface area contributed by atoms with Gasteiger partial charge in [-0.2, -0.15) is 0 Å². The van der Waals surface area contributed by atoms with Crippen LogP contribution in [0.3, 0.4) is 0 Å². The molecule has 6 aromatic rings. The average Bonchev–Trinajstić information content (AvgIpc) is 3.63. The summed E-state index contributed by atoms with van der Waals surface area (Å²) >= 11 is 1.52. The molecule has 0 unspecified atom stereocenters. The van der Waals surface area contributed by atoms with Crippen molar-refractivity contribution in [2.75, 3.05) is 13.4 Å². The van der Waals surface area contributed by atoms with Crippen molar-refractivity contribution in [2.45, 2.75) is 39.5 Å². The Bertz CT molecular complexity index is 2020. The van der Waals surface area contributed by atoms with E-state index in [1.807, 2.05) is 53.8 Å². The average molecular weight is 555 g/mol. The van der Waals surface area contributed by atoms with Gasteiger partial charge in [-0.05, 0) is 48.7 Å². The van der Waals surface area contributed by atoms with Gasteiger partial charge in [0, 0.05) is 11.3 Å². The fourth-order valence-corrected chi connectivity index (χ4v) is 6.63. The number of hydrogen-bond acceptors (Lipinski definition) is 8. The number of H-pyrrole nitrogens is 1. The maximum absolute atomic E-state index is 13.5. The third-order valence-corrected chi connectivity index (χ3v) is 8.61. The molecular weight excluding hydrogens is 528 g/mol. The van der Waals surface area contributed by atoms with Crippen molar-refractivity contribution in [3.8, 4) is 11.5 Å². The maximum atomic E-state index is 13.5. The van der Waals surface area contributed by atoms with Crippen molar-refractivity contribution in [1.29, 1.82) is 0 Å². The number of ether oxygens (including phenoxy) is 3. The van der Waals surface area contributed by atoms with Gasteiger partial charge in [0.15, 0.2) is 17.1 Å². The van der Waals surface area contributed by atoms with Gasteiger partial charge in [-0.3, -0.25) is 9.20 Å². The van der Waals surface area contributed by atoms with Gasteiger partial charge in [-0.25, -0.2) is 14.8 Å². The Morgan fingerprint density at radius 2 is 1.90 bits per heavy atom. The molecule has 1 N–H and O–H groups in total. The van der Waals surface area contributed by atoms with Crippen LogP contribution in [-0.4, -0.2) is 38.7 Å². The number of nitrogens with one attached hydrogen (secondary N) is 1. The van der Waals surface area contributed by atoms with Gasteiger partial charge in [-0.1, -0.05) is 38.0 Å². The molecule has 202 valence electrons. The minimum Gasteiger partial charge on any atom is -0.462 e. The van der Waals surface area contributed by atoms with Gasteiger partial charge >= 0.3 is 5.97 Å². The Morgan fingerprint density at radius 1 is 1.10 bits per heavy atom. The Hall–Kier alpha value is -4.44. The lowest BCUT2D eigenvalue weighted by molar-refractivity contribution is 0.0502. The SMILES string of the molecule is CCCCCOC(=O)c1c2nc3ccccc3nc2n2c1[nH]c(=O)c1c(C)c(Cc3ccc4c(c3)OCO4)sc12. The molecule has 9 nitrogen and oxygen atoms in total. The van der Waals surface area contributed by atoms with E-state index in [0.717, 1.165) is 46.8 Å². The zero-order chi connectivity index (χ0) is 27.4.